The van der Waals surface area contributed by atoms with Gasteiger partial charge in [-0.15, -0.1) is 0 Å². The minimum atomic E-state index is -1.09. The van der Waals surface area contributed by atoms with Crippen LogP contribution < -0.4 is 0 Å². The average molecular weight is 281 g/mol. The summed E-state index contributed by atoms with van der Waals surface area (Å²) in [5.74, 6) is -1.23. The summed E-state index contributed by atoms with van der Waals surface area (Å²) in [6.45, 7) is 0. The van der Waals surface area contributed by atoms with Crippen molar-refractivity contribution in [3.05, 3.63) is 28.4 Å². The highest BCUT2D eigenvalue weighted by atomic mass is 32.2. The van der Waals surface area contributed by atoms with Crippen LogP contribution in [0.2, 0.25) is 0 Å². The topological polar surface area (TPSA) is 83.4 Å². The Bertz CT molecular complexity index is 561. The van der Waals surface area contributed by atoms with E-state index in [-0.39, 0.29) is 17.0 Å². The lowest BCUT2D eigenvalue weighted by atomic mass is 10.2. The van der Waals surface area contributed by atoms with E-state index in [4.69, 9.17) is 0 Å². The molecule has 8 heteroatoms. The number of carbonyl (C=O) groups is 2. The first-order valence-corrected chi connectivity index (χ1v) is 6.77. The molecule has 1 saturated heterocycles. The van der Waals surface area contributed by atoms with E-state index in [0.717, 1.165) is 0 Å². The van der Waals surface area contributed by atoms with E-state index in [1.165, 1.54) is 28.4 Å². The van der Waals surface area contributed by atoms with Gasteiger partial charge in [0.2, 0.25) is 5.91 Å². The number of amides is 1. The lowest BCUT2D eigenvalue weighted by Gasteiger charge is -2.33. The highest BCUT2D eigenvalue weighted by Crippen LogP contribution is 2.51. The van der Waals surface area contributed by atoms with Gasteiger partial charge in [-0.25, -0.2) is 14.8 Å². The zero-order chi connectivity index (χ0) is 12.7. The molecule has 0 bridgehead atoms. The number of nitrogens with zero attached hydrogens (tertiary/aromatic N) is 3. The molecular formula is C10H7N3O3S2. The van der Waals surface area contributed by atoms with E-state index in [1.807, 2.05) is 0 Å². The van der Waals surface area contributed by atoms with Crippen LogP contribution in [0.5, 0.6) is 0 Å². The van der Waals surface area contributed by atoms with Gasteiger partial charge in [0.05, 0.1) is 16.0 Å². The van der Waals surface area contributed by atoms with Gasteiger partial charge in [0, 0.05) is 12.4 Å². The summed E-state index contributed by atoms with van der Waals surface area (Å²) < 4.78 is 0.574. The van der Waals surface area contributed by atoms with Crippen molar-refractivity contribution >= 4 is 35.4 Å². The number of aliphatic carboxylic acids is 1. The Morgan fingerprint density at radius 3 is 2.83 bits per heavy atom. The molecule has 1 aromatic rings. The number of aromatic nitrogens is 2. The van der Waals surface area contributed by atoms with Gasteiger partial charge in [-0.05, 0) is 17.8 Å². The van der Waals surface area contributed by atoms with Crippen molar-refractivity contribution in [2.75, 3.05) is 0 Å². The summed E-state index contributed by atoms with van der Waals surface area (Å²) in [5, 5.41) is 9.59. The first-order chi connectivity index (χ1) is 8.66. The zero-order valence-corrected chi connectivity index (χ0v) is 10.6. The van der Waals surface area contributed by atoms with Crippen molar-refractivity contribution in [1.29, 1.82) is 0 Å². The molecule has 0 saturated carbocycles. The fourth-order valence-electron chi connectivity index (χ4n) is 1.71. The Morgan fingerprint density at radius 1 is 1.50 bits per heavy atom. The summed E-state index contributed by atoms with van der Waals surface area (Å²) in [4.78, 5) is 32.0. The number of carboxylic acid groups (broad SMARTS) is 1. The summed E-state index contributed by atoms with van der Waals surface area (Å²) in [6.07, 6.45) is 3.58. The first kappa shape index (κ1) is 11.5. The molecule has 3 rings (SSSR count). The Hall–Kier alpha value is -1.54. The van der Waals surface area contributed by atoms with E-state index in [2.05, 4.69) is 9.97 Å². The van der Waals surface area contributed by atoms with Crippen molar-refractivity contribution < 1.29 is 14.7 Å². The number of rotatable bonds is 3. The Kier molecular flexibility index (Phi) is 2.75. The van der Waals surface area contributed by atoms with E-state index in [0.29, 0.717) is 15.8 Å². The molecule has 2 aliphatic heterocycles. The predicted molar refractivity (Wildman–Crippen MR) is 65.4 cm³/mol. The minimum Gasteiger partial charge on any atom is -0.477 e. The molecule has 0 unspecified atom stereocenters. The quantitative estimate of drug-likeness (QED) is 0.656. The minimum absolute atomic E-state index is 0.0544. The lowest BCUT2D eigenvalue weighted by molar-refractivity contribution is -0.145. The number of β-lactam (4-membered cyclic amide) rings is 1. The van der Waals surface area contributed by atoms with E-state index in [1.54, 1.807) is 18.5 Å². The zero-order valence-electron chi connectivity index (χ0n) is 8.94. The smallest absolute Gasteiger partial charge is 0.354 e. The highest BCUT2D eigenvalue weighted by molar-refractivity contribution is 8.22. The van der Waals surface area contributed by atoms with Crippen LogP contribution in [0.1, 0.15) is 6.42 Å². The first-order valence-electron chi connectivity index (χ1n) is 5.08. The molecule has 0 spiro atoms. The fourth-order valence-corrected chi connectivity index (χ4v) is 4.24. The maximum absolute atomic E-state index is 11.4. The molecule has 1 N–H and O–H groups in total. The van der Waals surface area contributed by atoms with Crippen LogP contribution in [0, 0.1) is 0 Å². The van der Waals surface area contributed by atoms with E-state index >= 15 is 0 Å². The molecule has 18 heavy (non-hydrogen) atoms. The van der Waals surface area contributed by atoms with Crippen LogP contribution in [-0.2, 0) is 9.59 Å². The van der Waals surface area contributed by atoms with Gasteiger partial charge >= 0.3 is 5.97 Å². The molecule has 92 valence electrons. The van der Waals surface area contributed by atoms with Gasteiger partial charge in [0.1, 0.15) is 0 Å². The van der Waals surface area contributed by atoms with Crippen LogP contribution in [0.15, 0.2) is 33.6 Å². The van der Waals surface area contributed by atoms with Crippen molar-refractivity contribution in [3.8, 4) is 0 Å². The van der Waals surface area contributed by atoms with Crippen LogP contribution in [0.25, 0.3) is 0 Å². The second kappa shape index (κ2) is 4.29. The maximum atomic E-state index is 11.4. The lowest BCUT2D eigenvalue weighted by Crippen LogP contribution is -2.48. The average Bonchev–Trinajstić information content (AvgIpc) is 2.63. The molecule has 6 nitrogen and oxygen atoms in total. The number of carbonyl (C=O) groups excluding carboxylic acids is 1. The third-order valence-electron chi connectivity index (χ3n) is 2.51. The molecular weight excluding hydrogens is 274 g/mol. The third-order valence-corrected chi connectivity index (χ3v) is 4.88. The molecule has 2 aliphatic rings. The summed E-state index contributed by atoms with van der Waals surface area (Å²) in [5.41, 5.74) is 0.0544. The molecule has 0 radical (unpaired) electrons. The van der Waals surface area contributed by atoms with Gasteiger partial charge in [0.25, 0.3) is 0 Å². The summed E-state index contributed by atoms with van der Waals surface area (Å²) in [7, 11) is 0. The molecule has 1 atom stereocenters. The number of thioether (sulfide) groups is 2. The number of hydrogen-bond donors (Lipinski definition) is 1. The molecule has 0 aromatic carbocycles. The number of hydrogen-bond acceptors (Lipinski definition) is 6. The van der Waals surface area contributed by atoms with Crippen molar-refractivity contribution in [2.24, 2.45) is 0 Å². The second-order valence-corrected chi connectivity index (χ2v) is 6.04. The monoisotopic (exact) mass is 281 g/mol. The molecule has 3 heterocycles. The van der Waals surface area contributed by atoms with E-state index in [9.17, 15) is 14.7 Å². The number of carboxylic acids is 1. The Balaban J connectivity index is 1.91. The summed E-state index contributed by atoms with van der Waals surface area (Å²) >= 11 is 2.57. The van der Waals surface area contributed by atoms with Crippen LogP contribution in [0.4, 0.5) is 0 Å². The Morgan fingerprint density at radius 2 is 2.22 bits per heavy atom. The standard InChI is InChI=1S/C10H7N3O3S2/c14-5-4-6-13(5)7(8(15)16)9(17-6)18-10-11-2-1-3-12-10/h1-3,6H,4H2,(H,15,16)/t6-/m1/s1. The normalized spacial score (nSPS) is 21.9. The maximum Gasteiger partial charge on any atom is 0.354 e. The molecule has 0 aliphatic carbocycles. The molecule has 1 aromatic heterocycles. The SMILES string of the molecule is O=C(O)C1=C(Sc2ncccn2)S[C@@H]2CC(=O)N12. The second-order valence-electron chi connectivity index (χ2n) is 3.62. The van der Waals surface area contributed by atoms with E-state index < -0.39 is 5.97 Å². The Labute approximate surface area is 110 Å². The van der Waals surface area contributed by atoms with Gasteiger partial charge in [-0.1, -0.05) is 11.8 Å². The third kappa shape index (κ3) is 1.77. The van der Waals surface area contributed by atoms with Gasteiger partial charge < -0.3 is 5.11 Å². The molecule has 1 fully saturated rings. The van der Waals surface area contributed by atoms with Crippen molar-refractivity contribution in [1.82, 2.24) is 14.9 Å². The number of fused-ring (bicyclic) bond motifs is 1. The predicted octanol–water partition coefficient (Wildman–Crippen LogP) is 1.13. The summed E-state index contributed by atoms with van der Waals surface area (Å²) in [6, 6.07) is 1.69. The fraction of sp³-hybridized carbons (Fsp3) is 0.200. The van der Waals surface area contributed by atoms with Crippen molar-refractivity contribution in [3.63, 3.8) is 0 Å². The van der Waals surface area contributed by atoms with Crippen LogP contribution >= 0.6 is 23.5 Å². The highest BCUT2D eigenvalue weighted by Gasteiger charge is 2.48. The van der Waals surface area contributed by atoms with Crippen LogP contribution in [-0.4, -0.2) is 37.2 Å². The van der Waals surface area contributed by atoms with Gasteiger partial charge in [-0.3, -0.25) is 9.69 Å². The van der Waals surface area contributed by atoms with Gasteiger partial charge in [0.15, 0.2) is 10.9 Å². The van der Waals surface area contributed by atoms with Gasteiger partial charge in [-0.2, -0.15) is 0 Å². The van der Waals surface area contributed by atoms with Crippen LogP contribution in [0.3, 0.4) is 0 Å². The largest absolute Gasteiger partial charge is 0.477 e. The van der Waals surface area contributed by atoms with Crippen molar-refractivity contribution in [2.45, 2.75) is 17.0 Å². The molecule has 1 amide bonds.